The molecule has 34 heavy (non-hydrogen) atoms. The molecule has 1 saturated carbocycles. The number of H-pyrrole nitrogens is 1. The summed E-state index contributed by atoms with van der Waals surface area (Å²) < 4.78 is 3.92. The van der Waals surface area contributed by atoms with Crippen molar-refractivity contribution in [2.45, 2.75) is 65.0 Å². The van der Waals surface area contributed by atoms with E-state index in [4.69, 9.17) is 0 Å². The first-order valence-corrected chi connectivity index (χ1v) is 12.3. The summed E-state index contributed by atoms with van der Waals surface area (Å²) in [5, 5.41) is 14.4. The molecule has 4 aromatic rings. The van der Waals surface area contributed by atoms with Gasteiger partial charge in [-0.2, -0.15) is 5.21 Å². The van der Waals surface area contributed by atoms with E-state index in [1.807, 2.05) is 21.4 Å². The Hall–Kier alpha value is -3.55. The highest BCUT2D eigenvalue weighted by molar-refractivity contribution is 5.79. The summed E-state index contributed by atoms with van der Waals surface area (Å²) in [4.78, 5) is 17.6. The first-order valence-electron chi connectivity index (χ1n) is 12.3. The number of imidazole rings is 1. The van der Waals surface area contributed by atoms with Gasteiger partial charge in [0, 0.05) is 42.0 Å². The number of aromatic amines is 1. The molecule has 0 atom stereocenters. The normalized spacial score (nSPS) is 14.5. The molecule has 0 unspecified atom stereocenters. The van der Waals surface area contributed by atoms with Crippen LogP contribution in [-0.4, -0.2) is 34.7 Å². The minimum absolute atomic E-state index is 0.116. The molecule has 8 nitrogen and oxygen atoms in total. The van der Waals surface area contributed by atoms with Crippen LogP contribution in [0.25, 0.3) is 22.5 Å². The van der Waals surface area contributed by atoms with Gasteiger partial charge in [-0.05, 0) is 47.6 Å². The summed E-state index contributed by atoms with van der Waals surface area (Å²) in [5.41, 5.74) is 5.18. The molecule has 0 aliphatic heterocycles. The average Bonchev–Trinajstić information content (AvgIpc) is 3.51. The fourth-order valence-corrected chi connectivity index (χ4v) is 5.05. The van der Waals surface area contributed by atoms with Crippen molar-refractivity contribution in [2.75, 3.05) is 0 Å². The van der Waals surface area contributed by atoms with E-state index in [-0.39, 0.29) is 5.69 Å². The second kappa shape index (κ2) is 10.2. The van der Waals surface area contributed by atoms with Crippen molar-refractivity contribution in [3.8, 4) is 22.5 Å². The Balaban J connectivity index is 1.39. The maximum absolute atomic E-state index is 13.3. The van der Waals surface area contributed by atoms with Gasteiger partial charge in [0.05, 0.1) is 6.54 Å². The molecule has 3 heterocycles. The number of nitrogens with one attached hydrogen (secondary N) is 1. The zero-order valence-corrected chi connectivity index (χ0v) is 19.7. The highest BCUT2D eigenvalue weighted by Gasteiger charge is 2.18. The number of aromatic nitrogens is 7. The molecule has 1 aromatic carbocycles. The van der Waals surface area contributed by atoms with Gasteiger partial charge in [0.1, 0.15) is 0 Å². The predicted molar refractivity (Wildman–Crippen MR) is 131 cm³/mol. The van der Waals surface area contributed by atoms with Gasteiger partial charge >= 0.3 is 5.69 Å². The standard InChI is InChI=1S/C26H31N7O/c1-2-6-22-18-32(16-19-7-4-3-5-8-19)26(34)33(22)17-20-9-11-21(12-10-20)24-15-27-14-13-23(24)25-28-30-31-29-25/h9-15,18-19H,2-8,16-17H2,1H3,(H,28,29,30,31). The summed E-state index contributed by atoms with van der Waals surface area (Å²) in [6.07, 6.45) is 14.0. The molecule has 5 rings (SSSR count). The van der Waals surface area contributed by atoms with Crippen LogP contribution in [0.15, 0.2) is 53.7 Å². The number of pyridine rings is 1. The van der Waals surface area contributed by atoms with E-state index in [1.54, 1.807) is 6.20 Å². The molecule has 8 heteroatoms. The van der Waals surface area contributed by atoms with Gasteiger partial charge in [-0.3, -0.25) is 14.1 Å². The molecule has 176 valence electrons. The van der Waals surface area contributed by atoms with Crippen LogP contribution in [0, 0.1) is 5.92 Å². The van der Waals surface area contributed by atoms with Crippen LogP contribution >= 0.6 is 0 Å². The first kappa shape index (κ1) is 22.3. The third-order valence-corrected chi connectivity index (χ3v) is 6.83. The topological polar surface area (TPSA) is 94.3 Å². The van der Waals surface area contributed by atoms with Gasteiger partial charge in [-0.1, -0.05) is 56.9 Å². The molecule has 0 spiro atoms. The quantitative estimate of drug-likeness (QED) is 0.421. The van der Waals surface area contributed by atoms with E-state index in [9.17, 15) is 4.79 Å². The second-order valence-corrected chi connectivity index (χ2v) is 9.25. The fraction of sp³-hybridized carbons (Fsp3) is 0.423. The summed E-state index contributed by atoms with van der Waals surface area (Å²) in [6.45, 7) is 3.59. The number of hydrogen-bond acceptors (Lipinski definition) is 5. The Morgan fingerprint density at radius 1 is 1.06 bits per heavy atom. The van der Waals surface area contributed by atoms with Crippen LogP contribution < -0.4 is 5.69 Å². The van der Waals surface area contributed by atoms with Crippen LogP contribution in [0.3, 0.4) is 0 Å². The molecule has 3 aromatic heterocycles. The third kappa shape index (κ3) is 4.71. The van der Waals surface area contributed by atoms with E-state index in [0.717, 1.165) is 47.3 Å². The monoisotopic (exact) mass is 457 g/mol. The largest absolute Gasteiger partial charge is 0.328 e. The van der Waals surface area contributed by atoms with Crippen molar-refractivity contribution < 1.29 is 0 Å². The van der Waals surface area contributed by atoms with Gasteiger partial charge < -0.3 is 0 Å². The molecule has 0 radical (unpaired) electrons. The summed E-state index contributed by atoms with van der Waals surface area (Å²) >= 11 is 0. The van der Waals surface area contributed by atoms with E-state index in [2.05, 4.69) is 63.0 Å². The maximum Gasteiger partial charge on any atom is 0.328 e. The SMILES string of the molecule is CCCc1cn(CC2CCCCC2)c(=O)n1Cc1ccc(-c2cnccc2-c2nn[nH]n2)cc1. The Bertz CT molecular complexity index is 1270. The second-order valence-electron chi connectivity index (χ2n) is 9.25. The lowest BCUT2D eigenvalue weighted by Gasteiger charge is -2.21. The molecule has 1 aliphatic carbocycles. The van der Waals surface area contributed by atoms with E-state index in [0.29, 0.717) is 18.3 Å². The number of tetrazole rings is 1. The molecule has 1 fully saturated rings. The van der Waals surface area contributed by atoms with Gasteiger partial charge in [0.2, 0.25) is 5.82 Å². The molecule has 0 bridgehead atoms. The number of aryl methyl sites for hydroxylation is 1. The smallest absolute Gasteiger partial charge is 0.299 e. The lowest BCUT2D eigenvalue weighted by molar-refractivity contribution is 0.315. The molecular formula is C26H31N7O. The lowest BCUT2D eigenvalue weighted by atomic mass is 9.89. The predicted octanol–water partition coefficient (Wildman–Crippen LogP) is 4.47. The van der Waals surface area contributed by atoms with Crippen molar-refractivity contribution in [1.82, 2.24) is 34.7 Å². The lowest BCUT2D eigenvalue weighted by Crippen LogP contribution is -2.28. The zero-order chi connectivity index (χ0) is 23.3. The average molecular weight is 458 g/mol. The zero-order valence-electron chi connectivity index (χ0n) is 19.7. The van der Waals surface area contributed by atoms with Crippen LogP contribution in [0.2, 0.25) is 0 Å². The van der Waals surface area contributed by atoms with E-state index >= 15 is 0 Å². The Morgan fingerprint density at radius 2 is 1.88 bits per heavy atom. The summed E-state index contributed by atoms with van der Waals surface area (Å²) in [5.74, 6) is 1.17. The summed E-state index contributed by atoms with van der Waals surface area (Å²) in [6, 6.07) is 10.2. The number of rotatable bonds is 8. The van der Waals surface area contributed by atoms with Crippen LogP contribution in [0.1, 0.15) is 56.7 Å². The van der Waals surface area contributed by atoms with Gasteiger partial charge in [-0.15, -0.1) is 10.2 Å². The molecule has 0 amide bonds. The highest BCUT2D eigenvalue weighted by Crippen LogP contribution is 2.29. The number of nitrogens with zero attached hydrogens (tertiary/aromatic N) is 6. The number of benzene rings is 1. The van der Waals surface area contributed by atoms with Crippen molar-refractivity contribution in [2.24, 2.45) is 5.92 Å². The number of hydrogen-bond donors (Lipinski definition) is 1. The summed E-state index contributed by atoms with van der Waals surface area (Å²) in [7, 11) is 0. The van der Waals surface area contributed by atoms with Crippen LogP contribution in [0.5, 0.6) is 0 Å². The van der Waals surface area contributed by atoms with Gasteiger partial charge in [-0.25, -0.2) is 4.79 Å². The van der Waals surface area contributed by atoms with Crippen molar-refractivity contribution in [3.05, 3.63) is 70.7 Å². The molecule has 1 aliphatic rings. The van der Waals surface area contributed by atoms with Crippen LogP contribution in [0.4, 0.5) is 0 Å². The van der Waals surface area contributed by atoms with Gasteiger partial charge in [0.15, 0.2) is 0 Å². The Kier molecular flexibility index (Phi) is 6.65. The molecule has 1 N–H and O–H groups in total. The molecule has 0 saturated heterocycles. The Morgan fingerprint density at radius 3 is 2.62 bits per heavy atom. The third-order valence-electron chi connectivity index (χ3n) is 6.83. The minimum Gasteiger partial charge on any atom is -0.299 e. The van der Waals surface area contributed by atoms with Gasteiger partial charge in [0.25, 0.3) is 0 Å². The van der Waals surface area contributed by atoms with Crippen molar-refractivity contribution in [1.29, 1.82) is 0 Å². The first-order chi connectivity index (χ1) is 16.7. The van der Waals surface area contributed by atoms with E-state index in [1.165, 1.54) is 32.1 Å². The maximum atomic E-state index is 13.3. The fourth-order valence-electron chi connectivity index (χ4n) is 5.05. The Labute approximate surface area is 199 Å². The van der Waals surface area contributed by atoms with Crippen LogP contribution in [-0.2, 0) is 19.5 Å². The van der Waals surface area contributed by atoms with Crippen molar-refractivity contribution in [3.63, 3.8) is 0 Å². The van der Waals surface area contributed by atoms with E-state index < -0.39 is 0 Å². The molecular weight excluding hydrogens is 426 g/mol. The highest BCUT2D eigenvalue weighted by atomic mass is 16.1. The minimum atomic E-state index is 0.116. The van der Waals surface area contributed by atoms with Crippen molar-refractivity contribution >= 4 is 0 Å².